The summed E-state index contributed by atoms with van der Waals surface area (Å²) in [6, 6.07) is 20.0. The molecule has 240 valence electrons. The Morgan fingerprint density at radius 2 is 1.66 bits per heavy atom. The van der Waals surface area contributed by atoms with Crippen LogP contribution in [-0.2, 0) is 9.59 Å². The van der Waals surface area contributed by atoms with Crippen LogP contribution in [-0.4, -0.2) is 51.4 Å². The predicted octanol–water partition coefficient (Wildman–Crippen LogP) is 5.68. The molecule has 1 saturated heterocycles. The molecule has 1 unspecified atom stereocenters. The third kappa shape index (κ3) is 6.00. The zero-order valence-electron chi connectivity index (χ0n) is 26.4. The van der Waals surface area contributed by atoms with E-state index in [4.69, 9.17) is 5.73 Å². The van der Waals surface area contributed by atoms with E-state index in [0.717, 1.165) is 24.1 Å². The summed E-state index contributed by atoms with van der Waals surface area (Å²) in [5.74, 6) is -2.27. The molecule has 1 fully saturated rings. The van der Waals surface area contributed by atoms with E-state index in [-0.39, 0.29) is 17.4 Å². The average molecular weight is 633 g/mol. The molecule has 3 aromatic carbocycles. The van der Waals surface area contributed by atoms with Gasteiger partial charge in [-0.1, -0.05) is 30.3 Å². The van der Waals surface area contributed by atoms with Crippen LogP contribution in [0, 0.1) is 20.8 Å². The Labute approximate surface area is 272 Å². The minimum Gasteiger partial charge on any atom is -0.478 e. The maximum atomic E-state index is 13.4. The molecule has 3 heterocycles. The number of aryl methyl sites for hydroxylation is 1. The number of nitrogens with two attached hydrogens (primary N) is 1. The molecule has 0 aliphatic carbocycles. The summed E-state index contributed by atoms with van der Waals surface area (Å²) in [6.07, 6.45) is 2.58. The van der Waals surface area contributed by atoms with Crippen LogP contribution in [0.25, 0.3) is 11.6 Å². The van der Waals surface area contributed by atoms with Gasteiger partial charge < -0.3 is 31.4 Å². The minimum atomic E-state index is -1.12. The maximum absolute atomic E-state index is 13.4. The third-order valence-corrected chi connectivity index (χ3v) is 8.84. The topological polar surface area (TPSA) is 159 Å². The van der Waals surface area contributed by atoms with Crippen molar-refractivity contribution >= 4 is 58.1 Å². The van der Waals surface area contributed by atoms with Gasteiger partial charge >= 0.3 is 5.97 Å². The van der Waals surface area contributed by atoms with Gasteiger partial charge in [0.05, 0.1) is 16.8 Å². The van der Waals surface area contributed by atoms with E-state index in [0.29, 0.717) is 63.8 Å². The number of aromatic carboxylic acids is 1. The lowest BCUT2D eigenvalue weighted by Gasteiger charge is -2.29. The van der Waals surface area contributed by atoms with Crippen molar-refractivity contribution in [2.45, 2.75) is 39.8 Å². The van der Waals surface area contributed by atoms with Crippen molar-refractivity contribution in [3.8, 4) is 0 Å². The van der Waals surface area contributed by atoms with Gasteiger partial charge in [0.2, 0.25) is 0 Å². The van der Waals surface area contributed by atoms with E-state index < -0.39 is 18.0 Å². The van der Waals surface area contributed by atoms with Gasteiger partial charge in [-0.15, -0.1) is 0 Å². The van der Waals surface area contributed by atoms with Crippen LogP contribution in [0.1, 0.15) is 67.8 Å². The first-order valence-electron chi connectivity index (χ1n) is 15.4. The Morgan fingerprint density at radius 3 is 2.34 bits per heavy atom. The summed E-state index contributed by atoms with van der Waals surface area (Å²) < 4.78 is 1.66. The summed E-state index contributed by atoms with van der Waals surface area (Å²) in [4.78, 5) is 53.1. The number of benzene rings is 3. The van der Waals surface area contributed by atoms with Crippen molar-refractivity contribution in [3.05, 3.63) is 106 Å². The largest absolute Gasteiger partial charge is 0.478 e. The van der Waals surface area contributed by atoms with Gasteiger partial charge in [-0.3, -0.25) is 19.3 Å². The van der Waals surface area contributed by atoms with E-state index in [1.807, 2.05) is 66.4 Å². The molecule has 2 aliphatic rings. The van der Waals surface area contributed by atoms with Crippen molar-refractivity contribution in [3.63, 3.8) is 0 Å². The number of fused-ring (bicyclic) bond motifs is 1. The molecule has 1 aromatic heterocycles. The molecule has 0 spiro atoms. The molecule has 11 heteroatoms. The van der Waals surface area contributed by atoms with Crippen LogP contribution >= 0.6 is 0 Å². The lowest BCUT2D eigenvalue weighted by atomic mass is 10.0. The summed E-state index contributed by atoms with van der Waals surface area (Å²) in [5, 5.41) is 19.3. The van der Waals surface area contributed by atoms with Crippen LogP contribution < -0.4 is 21.7 Å². The molecule has 4 aromatic rings. The highest BCUT2D eigenvalue weighted by atomic mass is 16.4. The fourth-order valence-electron chi connectivity index (χ4n) is 6.48. The number of primary amides is 1. The Bertz CT molecular complexity index is 1960. The highest BCUT2D eigenvalue weighted by Crippen LogP contribution is 2.39. The summed E-state index contributed by atoms with van der Waals surface area (Å²) in [6.45, 7) is 6.61. The zero-order chi connectivity index (χ0) is 33.4. The number of aromatic nitrogens is 1. The van der Waals surface area contributed by atoms with Gasteiger partial charge in [-0.25, -0.2) is 4.79 Å². The highest BCUT2D eigenvalue weighted by Gasteiger charge is 2.35. The molecular weight excluding hydrogens is 596 g/mol. The second-order valence-electron chi connectivity index (χ2n) is 11.9. The third-order valence-electron chi connectivity index (χ3n) is 8.84. The first-order chi connectivity index (χ1) is 22.5. The molecule has 0 radical (unpaired) electrons. The minimum absolute atomic E-state index is 0.0815. The monoisotopic (exact) mass is 632 g/mol. The van der Waals surface area contributed by atoms with E-state index in [2.05, 4.69) is 16.0 Å². The number of carbonyl (C=O) groups excluding carboxylic acids is 3. The molecule has 11 nitrogen and oxygen atoms in total. The van der Waals surface area contributed by atoms with Crippen molar-refractivity contribution in [2.75, 3.05) is 29.0 Å². The van der Waals surface area contributed by atoms with Crippen molar-refractivity contribution in [2.24, 2.45) is 5.73 Å². The van der Waals surface area contributed by atoms with E-state index in [9.17, 15) is 24.3 Å². The SMILES string of the molecule is Cc1ccc(NC(=O)c2ccccc2)cc1Nc1ccc2c(c1)NC(=O)C2=Cc1c(C)c(C(=O)O)c(C)n1C(C(N)=O)N1CCCC1. The number of amides is 3. The Hall–Kier alpha value is -5.68. The number of carbonyl (C=O) groups is 4. The Morgan fingerprint density at radius 1 is 0.957 bits per heavy atom. The normalized spacial score (nSPS) is 15.7. The second kappa shape index (κ2) is 12.6. The average Bonchev–Trinajstić information content (AvgIpc) is 3.73. The summed E-state index contributed by atoms with van der Waals surface area (Å²) in [7, 11) is 0. The quantitative estimate of drug-likeness (QED) is 0.149. The molecule has 3 amide bonds. The molecule has 47 heavy (non-hydrogen) atoms. The van der Waals surface area contributed by atoms with Crippen LogP contribution in [0.3, 0.4) is 0 Å². The van der Waals surface area contributed by atoms with Gasteiger partial charge in [0.15, 0.2) is 6.17 Å². The molecule has 6 N–H and O–H groups in total. The van der Waals surface area contributed by atoms with Gasteiger partial charge in [0, 0.05) is 52.7 Å². The molecule has 2 aliphatic heterocycles. The zero-order valence-corrected chi connectivity index (χ0v) is 26.4. The second-order valence-corrected chi connectivity index (χ2v) is 11.9. The lowest BCUT2D eigenvalue weighted by Crippen LogP contribution is -2.41. The molecular formula is C36H36N6O5. The Kier molecular flexibility index (Phi) is 8.40. The summed E-state index contributed by atoms with van der Waals surface area (Å²) in [5.41, 5.74) is 12.5. The van der Waals surface area contributed by atoms with E-state index in [1.54, 1.807) is 36.6 Å². The van der Waals surface area contributed by atoms with Gasteiger partial charge in [-0.05, 0) is 87.2 Å². The maximum Gasteiger partial charge on any atom is 0.337 e. The number of nitrogens with one attached hydrogen (secondary N) is 3. The highest BCUT2D eigenvalue weighted by molar-refractivity contribution is 6.35. The molecule has 0 bridgehead atoms. The fourth-order valence-corrected chi connectivity index (χ4v) is 6.48. The van der Waals surface area contributed by atoms with E-state index in [1.165, 1.54) is 0 Å². The predicted molar refractivity (Wildman–Crippen MR) is 182 cm³/mol. The standard InChI is InChI=1S/C36H36N6O5/c1-20-11-12-25(39-33(44)23-9-5-4-6-10-23)17-28(20)38-24-13-14-26-27(34(45)40-29(26)18-24)19-30-21(2)31(36(46)47)22(3)42(30)35(32(37)43)41-15-7-8-16-41/h4-6,9-14,17-19,35,38H,7-8,15-16H2,1-3H3,(H2,37,43)(H,39,44)(H,40,45)(H,46,47). The Balaban J connectivity index is 1.32. The number of carboxylic acids is 1. The van der Waals surface area contributed by atoms with Gasteiger partial charge in [0.1, 0.15) is 0 Å². The van der Waals surface area contributed by atoms with Crippen molar-refractivity contribution in [1.29, 1.82) is 0 Å². The number of nitrogens with zero attached hydrogens (tertiary/aromatic N) is 2. The van der Waals surface area contributed by atoms with Gasteiger partial charge in [0.25, 0.3) is 17.7 Å². The van der Waals surface area contributed by atoms with Crippen LogP contribution in [0.2, 0.25) is 0 Å². The molecule has 6 rings (SSSR count). The first kappa shape index (κ1) is 31.3. The number of carboxylic acid groups (broad SMARTS) is 1. The number of hydrogen-bond acceptors (Lipinski definition) is 6. The number of likely N-dealkylation sites (tertiary alicyclic amines) is 1. The first-order valence-corrected chi connectivity index (χ1v) is 15.4. The number of hydrogen-bond donors (Lipinski definition) is 5. The van der Waals surface area contributed by atoms with Gasteiger partial charge in [-0.2, -0.15) is 0 Å². The summed E-state index contributed by atoms with van der Waals surface area (Å²) >= 11 is 0. The lowest BCUT2D eigenvalue weighted by molar-refractivity contribution is -0.126. The van der Waals surface area contributed by atoms with Crippen LogP contribution in [0.15, 0.2) is 66.7 Å². The van der Waals surface area contributed by atoms with E-state index >= 15 is 0 Å². The molecule has 0 saturated carbocycles. The van der Waals surface area contributed by atoms with Crippen LogP contribution in [0.4, 0.5) is 22.7 Å². The fraction of sp³-hybridized carbons (Fsp3) is 0.222. The molecule has 1 atom stereocenters. The van der Waals surface area contributed by atoms with Crippen LogP contribution in [0.5, 0.6) is 0 Å². The van der Waals surface area contributed by atoms with Crippen molar-refractivity contribution < 1.29 is 24.3 Å². The number of anilines is 4. The van der Waals surface area contributed by atoms with Crippen molar-refractivity contribution in [1.82, 2.24) is 9.47 Å². The number of rotatable bonds is 9. The smallest absolute Gasteiger partial charge is 0.337 e.